The Morgan fingerprint density at radius 1 is 1.53 bits per heavy atom. The highest BCUT2D eigenvalue weighted by Gasteiger charge is 2.08. The molecule has 1 aromatic heterocycles. The second-order valence-electron chi connectivity index (χ2n) is 3.69. The van der Waals surface area contributed by atoms with Gasteiger partial charge in [-0.3, -0.25) is 14.7 Å². The average Bonchev–Trinajstić information content (AvgIpc) is 2.37. The van der Waals surface area contributed by atoms with Crippen LogP contribution >= 0.6 is 0 Å². The minimum Gasteiger partial charge on any atom is -0.469 e. The van der Waals surface area contributed by atoms with Crippen LogP contribution in [0.2, 0.25) is 0 Å². The number of aliphatic hydroxyl groups excluding tert-OH is 1. The smallest absolute Gasteiger partial charge is 0.306 e. The fourth-order valence-electron chi connectivity index (χ4n) is 1.51. The SMILES string of the molecule is COC(=O)CCN(CCO)Cc1cccnc1. The van der Waals surface area contributed by atoms with Crippen LogP contribution < -0.4 is 0 Å². The van der Waals surface area contributed by atoms with Gasteiger partial charge in [0.15, 0.2) is 0 Å². The number of hydrogen-bond donors (Lipinski definition) is 1. The van der Waals surface area contributed by atoms with E-state index in [9.17, 15) is 4.79 Å². The lowest BCUT2D eigenvalue weighted by Gasteiger charge is -2.20. The van der Waals surface area contributed by atoms with Crippen LogP contribution in [-0.2, 0) is 16.1 Å². The van der Waals surface area contributed by atoms with Gasteiger partial charge in [0.05, 0.1) is 20.1 Å². The normalized spacial score (nSPS) is 10.5. The number of hydrogen-bond acceptors (Lipinski definition) is 5. The summed E-state index contributed by atoms with van der Waals surface area (Å²) in [4.78, 5) is 17.1. The number of aliphatic hydroxyl groups is 1. The number of esters is 1. The molecule has 0 aliphatic rings. The monoisotopic (exact) mass is 238 g/mol. The Balaban J connectivity index is 2.45. The third-order valence-electron chi connectivity index (χ3n) is 2.41. The third-order valence-corrected chi connectivity index (χ3v) is 2.41. The molecule has 0 amide bonds. The Labute approximate surface area is 101 Å². The van der Waals surface area contributed by atoms with E-state index in [1.54, 1.807) is 12.4 Å². The maximum absolute atomic E-state index is 11.0. The molecule has 0 aliphatic carbocycles. The molecule has 0 fully saturated rings. The van der Waals surface area contributed by atoms with E-state index in [4.69, 9.17) is 5.11 Å². The molecule has 5 heteroatoms. The van der Waals surface area contributed by atoms with Gasteiger partial charge < -0.3 is 9.84 Å². The van der Waals surface area contributed by atoms with E-state index in [-0.39, 0.29) is 12.6 Å². The average molecular weight is 238 g/mol. The zero-order valence-electron chi connectivity index (χ0n) is 10.0. The van der Waals surface area contributed by atoms with Gasteiger partial charge in [-0.05, 0) is 11.6 Å². The molecular formula is C12H18N2O3. The number of carbonyl (C=O) groups excluding carboxylic acids is 1. The van der Waals surface area contributed by atoms with Crippen LogP contribution in [0.15, 0.2) is 24.5 Å². The molecule has 94 valence electrons. The second kappa shape index (κ2) is 7.76. The first-order valence-electron chi connectivity index (χ1n) is 5.55. The van der Waals surface area contributed by atoms with Crippen molar-refractivity contribution < 1.29 is 14.6 Å². The first-order chi connectivity index (χ1) is 8.26. The molecule has 5 nitrogen and oxygen atoms in total. The number of carbonyl (C=O) groups is 1. The predicted octanol–water partition coefficient (Wildman–Crippen LogP) is 0.439. The molecule has 1 heterocycles. The molecule has 0 radical (unpaired) electrons. The molecule has 0 bridgehead atoms. The van der Waals surface area contributed by atoms with E-state index in [0.717, 1.165) is 5.56 Å². The van der Waals surface area contributed by atoms with Crippen molar-refractivity contribution in [3.8, 4) is 0 Å². The van der Waals surface area contributed by atoms with Crippen LogP contribution in [0.5, 0.6) is 0 Å². The lowest BCUT2D eigenvalue weighted by atomic mass is 10.2. The fraction of sp³-hybridized carbons (Fsp3) is 0.500. The highest BCUT2D eigenvalue weighted by molar-refractivity contribution is 5.69. The molecule has 1 N–H and O–H groups in total. The van der Waals surface area contributed by atoms with E-state index < -0.39 is 0 Å². The van der Waals surface area contributed by atoms with Crippen LogP contribution in [0.3, 0.4) is 0 Å². The second-order valence-corrected chi connectivity index (χ2v) is 3.69. The highest BCUT2D eigenvalue weighted by Crippen LogP contribution is 2.03. The molecule has 0 spiro atoms. The Kier molecular flexibility index (Phi) is 6.21. The zero-order valence-corrected chi connectivity index (χ0v) is 10.0. The fourth-order valence-corrected chi connectivity index (χ4v) is 1.51. The van der Waals surface area contributed by atoms with Gasteiger partial charge in [-0.1, -0.05) is 6.07 Å². The van der Waals surface area contributed by atoms with E-state index >= 15 is 0 Å². The number of nitrogens with zero attached hydrogens (tertiary/aromatic N) is 2. The summed E-state index contributed by atoms with van der Waals surface area (Å²) in [6, 6.07) is 3.84. The van der Waals surface area contributed by atoms with Crippen LogP contribution in [0.25, 0.3) is 0 Å². The largest absolute Gasteiger partial charge is 0.469 e. The number of pyridine rings is 1. The minimum atomic E-state index is -0.237. The first kappa shape index (κ1) is 13.6. The lowest BCUT2D eigenvalue weighted by molar-refractivity contribution is -0.141. The zero-order chi connectivity index (χ0) is 12.5. The Morgan fingerprint density at radius 2 is 2.35 bits per heavy atom. The van der Waals surface area contributed by atoms with Crippen molar-refractivity contribution in [3.05, 3.63) is 30.1 Å². The summed E-state index contributed by atoms with van der Waals surface area (Å²) < 4.78 is 4.59. The van der Waals surface area contributed by atoms with Gasteiger partial charge >= 0.3 is 5.97 Å². The number of aromatic nitrogens is 1. The van der Waals surface area contributed by atoms with Gasteiger partial charge in [-0.2, -0.15) is 0 Å². The van der Waals surface area contributed by atoms with E-state index in [1.165, 1.54) is 7.11 Å². The van der Waals surface area contributed by atoms with Crippen molar-refractivity contribution in [2.45, 2.75) is 13.0 Å². The van der Waals surface area contributed by atoms with Crippen molar-refractivity contribution in [1.29, 1.82) is 0 Å². The Morgan fingerprint density at radius 3 is 2.94 bits per heavy atom. The van der Waals surface area contributed by atoms with Gasteiger partial charge in [0.25, 0.3) is 0 Å². The van der Waals surface area contributed by atoms with Crippen LogP contribution in [0, 0.1) is 0 Å². The van der Waals surface area contributed by atoms with Gasteiger partial charge in [-0.15, -0.1) is 0 Å². The summed E-state index contributed by atoms with van der Waals surface area (Å²) in [5.74, 6) is -0.237. The van der Waals surface area contributed by atoms with Gasteiger partial charge in [0.1, 0.15) is 0 Å². The summed E-state index contributed by atoms with van der Waals surface area (Å²) in [7, 11) is 1.37. The highest BCUT2D eigenvalue weighted by atomic mass is 16.5. The van der Waals surface area contributed by atoms with Crippen LogP contribution in [-0.4, -0.2) is 47.8 Å². The van der Waals surface area contributed by atoms with Crippen molar-refractivity contribution >= 4 is 5.97 Å². The Hall–Kier alpha value is -1.46. The van der Waals surface area contributed by atoms with Crippen molar-refractivity contribution in [1.82, 2.24) is 9.88 Å². The molecule has 0 saturated carbocycles. The summed E-state index contributed by atoms with van der Waals surface area (Å²) in [6.45, 7) is 1.85. The number of methoxy groups -OCH3 is 1. The maximum Gasteiger partial charge on any atom is 0.306 e. The molecule has 0 saturated heterocycles. The van der Waals surface area contributed by atoms with Gasteiger partial charge in [0, 0.05) is 32.0 Å². The number of ether oxygens (including phenoxy) is 1. The third kappa shape index (κ3) is 5.42. The van der Waals surface area contributed by atoms with Crippen molar-refractivity contribution in [2.24, 2.45) is 0 Å². The van der Waals surface area contributed by atoms with E-state index in [0.29, 0.717) is 26.1 Å². The molecule has 0 unspecified atom stereocenters. The summed E-state index contributed by atoms with van der Waals surface area (Å²) in [6.07, 6.45) is 3.83. The quantitative estimate of drug-likeness (QED) is 0.698. The predicted molar refractivity (Wildman–Crippen MR) is 63.2 cm³/mol. The van der Waals surface area contributed by atoms with Crippen molar-refractivity contribution in [3.63, 3.8) is 0 Å². The summed E-state index contributed by atoms with van der Waals surface area (Å²) in [5.41, 5.74) is 1.06. The number of rotatable bonds is 7. The molecule has 1 aromatic rings. The minimum absolute atomic E-state index is 0.0709. The molecule has 0 aromatic carbocycles. The molecular weight excluding hydrogens is 220 g/mol. The molecule has 1 rings (SSSR count). The molecule has 17 heavy (non-hydrogen) atoms. The standard InChI is InChI=1S/C12H18N2O3/c1-17-12(16)4-6-14(7-8-15)10-11-3-2-5-13-9-11/h2-3,5,9,15H,4,6-8,10H2,1H3. The maximum atomic E-state index is 11.0. The van der Waals surface area contributed by atoms with Crippen LogP contribution in [0.4, 0.5) is 0 Å². The lowest BCUT2D eigenvalue weighted by Crippen LogP contribution is -2.29. The van der Waals surface area contributed by atoms with E-state index in [1.807, 2.05) is 17.0 Å². The van der Waals surface area contributed by atoms with Gasteiger partial charge in [-0.25, -0.2) is 0 Å². The van der Waals surface area contributed by atoms with Crippen molar-refractivity contribution in [2.75, 3.05) is 26.8 Å². The molecule has 0 atom stereocenters. The summed E-state index contributed by atoms with van der Waals surface area (Å²) >= 11 is 0. The summed E-state index contributed by atoms with van der Waals surface area (Å²) in [5, 5.41) is 8.96. The van der Waals surface area contributed by atoms with Crippen LogP contribution in [0.1, 0.15) is 12.0 Å². The topological polar surface area (TPSA) is 62.7 Å². The Bertz CT molecular complexity index is 330. The molecule has 0 aliphatic heterocycles. The van der Waals surface area contributed by atoms with Gasteiger partial charge in [0.2, 0.25) is 0 Å². The van der Waals surface area contributed by atoms with E-state index in [2.05, 4.69) is 9.72 Å². The first-order valence-corrected chi connectivity index (χ1v) is 5.55.